The summed E-state index contributed by atoms with van der Waals surface area (Å²) in [4.78, 5) is 0. The summed E-state index contributed by atoms with van der Waals surface area (Å²) in [6, 6.07) is 0. The molecule has 0 unspecified atom stereocenters. The second-order valence-corrected chi connectivity index (χ2v) is 2.96. The van der Waals surface area contributed by atoms with E-state index in [1.54, 1.807) is 0 Å². The fourth-order valence-electron chi connectivity index (χ4n) is 1.01. The topological polar surface area (TPSA) is 21.3 Å². The monoisotopic (exact) mass is 143 g/mol. The molecule has 2 nitrogen and oxygen atoms in total. The van der Waals surface area contributed by atoms with Gasteiger partial charge < -0.3 is 10.1 Å². The predicted molar refractivity (Wildman–Crippen MR) is 42.1 cm³/mol. The third kappa shape index (κ3) is 2.67. The van der Waals surface area contributed by atoms with E-state index in [1.807, 2.05) is 0 Å². The van der Waals surface area contributed by atoms with Gasteiger partial charge in [-0.05, 0) is 13.0 Å². The largest absolute Gasteiger partial charge is 0.381 e. The summed E-state index contributed by atoms with van der Waals surface area (Å²) in [5.41, 5.74) is 0. The minimum atomic E-state index is 0.803. The minimum Gasteiger partial charge on any atom is -0.381 e. The first kappa shape index (κ1) is 8.02. The van der Waals surface area contributed by atoms with Crippen molar-refractivity contribution in [2.24, 2.45) is 5.92 Å². The number of rotatable bonds is 5. The number of hydrogen-bond acceptors (Lipinski definition) is 2. The van der Waals surface area contributed by atoms with Crippen LogP contribution in [0.3, 0.4) is 0 Å². The smallest absolute Gasteiger partial charge is 0.0528 e. The van der Waals surface area contributed by atoms with Gasteiger partial charge in [-0.1, -0.05) is 13.3 Å². The highest BCUT2D eigenvalue weighted by atomic mass is 16.5. The molecular weight excluding hydrogens is 126 g/mol. The SMILES string of the molecule is CCCCNCC1COC1. The lowest BCUT2D eigenvalue weighted by molar-refractivity contribution is -0.0305. The van der Waals surface area contributed by atoms with Crippen molar-refractivity contribution >= 4 is 0 Å². The van der Waals surface area contributed by atoms with Gasteiger partial charge in [0.1, 0.15) is 0 Å². The summed E-state index contributed by atoms with van der Waals surface area (Å²) < 4.78 is 5.05. The van der Waals surface area contributed by atoms with Gasteiger partial charge >= 0.3 is 0 Å². The van der Waals surface area contributed by atoms with Crippen molar-refractivity contribution in [3.05, 3.63) is 0 Å². The number of unbranched alkanes of at least 4 members (excludes halogenated alkanes) is 1. The van der Waals surface area contributed by atoms with E-state index in [2.05, 4.69) is 12.2 Å². The average Bonchev–Trinajstić information content (AvgIpc) is 1.84. The van der Waals surface area contributed by atoms with E-state index in [0.717, 1.165) is 25.7 Å². The van der Waals surface area contributed by atoms with E-state index < -0.39 is 0 Å². The Morgan fingerprint density at radius 1 is 1.50 bits per heavy atom. The van der Waals surface area contributed by atoms with Gasteiger partial charge in [-0.15, -0.1) is 0 Å². The molecule has 0 aromatic heterocycles. The summed E-state index contributed by atoms with van der Waals surface area (Å²) in [6.07, 6.45) is 2.59. The van der Waals surface area contributed by atoms with Crippen molar-refractivity contribution in [1.29, 1.82) is 0 Å². The van der Waals surface area contributed by atoms with Crippen molar-refractivity contribution in [1.82, 2.24) is 5.32 Å². The van der Waals surface area contributed by atoms with Crippen LogP contribution in [0.5, 0.6) is 0 Å². The summed E-state index contributed by atoms with van der Waals surface area (Å²) >= 11 is 0. The van der Waals surface area contributed by atoms with Crippen LogP contribution in [0.1, 0.15) is 19.8 Å². The quantitative estimate of drug-likeness (QED) is 0.580. The molecule has 0 bridgehead atoms. The van der Waals surface area contributed by atoms with Crippen molar-refractivity contribution < 1.29 is 4.74 Å². The molecule has 1 rings (SSSR count). The third-order valence-corrected chi connectivity index (χ3v) is 1.85. The lowest BCUT2D eigenvalue weighted by Gasteiger charge is -2.25. The van der Waals surface area contributed by atoms with Gasteiger partial charge in [-0.25, -0.2) is 0 Å². The molecule has 0 aliphatic carbocycles. The van der Waals surface area contributed by atoms with Crippen LogP contribution >= 0.6 is 0 Å². The Morgan fingerprint density at radius 3 is 2.80 bits per heavy atom. The maximum Gasteiger partial charge on any atom is 0.0528 e. The van der Waals surface area contributed by atoms with E-state index in [0.29, 0.717) is 0 Å². The molecule has 10 heavy (non-hydrogen) atoms. The molecule has 0 aromatic carbocycles. The number of ether oxygens (including phenoxy) is 1. The first-order valence-electron chi connectivity index (χ1n) is 4.22. The van der Waals surface area contributed by atoms with Gasteiger partial charge in [0.05, 0.1) is 13.2 Å². The van der Waals surface area contributed by atoms with E-state index in [1.165, 1.54) is 19.4 Å². The molecule has 1 fully saturated rings. The Morgan fingerprint density at radius 2 is 2.30 bits per heavy atom. The van der Waals surface area contributed by atoms with Crippen LogP contribution in [0.2, 0.25) is 0 Å². The first-order valence-corrected chi connectivity index (χ1v) is 4.22. The Bertz CT molecular complexity index is 81.3. The number of hydrogen-bond donors (Lipinski definition) is 1. The van der Waals surface area contributed by atoms with Gasteiger partial charge in [0.25, 0.3) is 0 Å². The van der Waals surface area contributed by atoms with Crippen LogP contribution in [0, 0.1) is 5.92 Å². The maximum atomic E-state index is 5.05. The highest BCUT2D eigenvalue weighted by Crippen LogP contribution is 2.07. The van der Waals surface area contributed by atoms with Gasteiger partial charge in [0.2, 0.25) is 0 Å². The van der Waals surface area contributed by atoms with E-state index in [4.69, 9.17) is 4.74 Å². The fraction of sp³-hybridized carbons (Fsp3) is 1.00. The zero-order valence-electron chi connectivity index (χ0n) is 6.73. The molecule has 1 aliphatic rings. The highest BCUT2D eigenvalue weighted by Gasteiger charge is 2.16. The molecule has 1 saturated heterocycles. The Balaban J connectivity index is 1.76. The lowest BCUT2D eigenvalue weighted by Crippen LogP contribution is -2.37. The normalized spacial score (nSPS) is 18.9. The summed E-state index contributed by atoms with van der Waals surface area (Å²) in [5.74, 6) is 0.803. The third-order valence-electron chi connectivity index (χ3n) is 1.85. The molecule has 1 aliphatic heterocycles. The van der Waals surface area contributed by atoms with Crippen LogP contribution in [0.25, 0.3) is 0 Å². The molecule has 1 heterocycles. The Kier molecular flexibility index (Phi) is 3.76. The van der Waals surface area contributed by atoms with Crippen LogP contribution < -0.4 is 5.32 Å². The highest BCUT2D eigenvalue weighted by molar-refractivity contribution is 4.67. The van der Waals surface area contributed by atoms with Crippen molar-refractivity contribution in [3.63, 3.8) is 0 Å². The zero-order chi connectivity index (χ0) is 7.23. The van der Waals surface area contributed by atoms with E-state index in [-0.39, 0.29) is 0 Å². The van der Waals surface area contributed by atoms with Crippen molar-refractivity contribution in [2.45, 2.75) is 19.8 Å². The van der Waals surface area contributed by atoms with Crippen molar-refractivity contribution in [2.75, 3.05) is 26.3 Å². The zero-order valence-corrected chi connectivity index (χ0v) is 6.73. The van der Waals surface area contributed by atoms with Crippen molar-refractivity contribution in [3.8, 4) is 0 Å². The minimum absolute atomic E-state index is 0.803. The Labute approximate surface area is 63.0 Å². The molecule has 0 radical (unpaired) electrons. The van der Waals surface area contributed by atoms with Gasteiger partial charge in [-0.3, -0.25) is 0 Å². The Hall–Kier alpha value is -0.0800. The van der Waals surface area contributed by atoms with Crippen LogP contribution in [0.15, 0.2) is 0 Å². The molecule has 60 valence electrons. The summed E-state index contributed by atoms with van der Waals surface area (Å²) in [6.45, 7) is 6.49. The second kappa shape index (κ2) is 4.69. The molecule has 0 amide bonds. The van der Waals surface area contributed by atoms with Crippen LogP contribution in [0.4, 0.5) is 0 Å². The molecule has 2 heteroatoms. The summed E-state index contributed by atoms with van der Waals surface area (Å²) in [5, 5.41) is 3.41. The fourth-order valence-corrected chi connectivity index (χ4v) is 1.01. The van der Waals surface area contributed by atoms with Gasteiger partial charge in [0.15, 0.2) is 0 Å². The first-order chi connectivity index (χ1) is 4.93. The predicted octanol–water partition coefficient (Wildman–Crippen LogP) is 1.02. The van der Waals surface area contributed by atoms with Gasteiger partial charge in [0, 0.05) is 12.5 Å². The maximum absolute atomic E-state index is 5.05. The number of nitrogens with one attached hydrogen (secondary N) is 1. The van der Waals surface area contributed by atoms with E-state index >= 15 is 0 Å². The second-order valence-electron chi connectivity index (χ2n) is 2.96. The molecule has 0 aromatic rings. The van der Waals surface area contributed by atoms with E-state index in [9.17, 15) is 0 Å². The molecule has 1 N–H and O–H groups in total. The van der Waals surface area contributed by atoms with Crippen LogP contribution in [-0.4, -0.2) is 26.3 Å². The molecule has 0 atom stereocenters. The van der Waals surface area contributed by atoms with Gasteiger partial charge in [-0.2, -0.15) is 0 Å². The lowest BCUT2D eigenvalue weighted by atomic mass is 10.1. The molecular formula is C8H17NO. The standard InChI is InChI=1S/C8H17NO/c1-2-3-4-9-5-8-6-10-7-8/h8-9H,2-7H2,1H3. The average molecular weight is 143 g/mol. The summed E-state index contributed by atoms with van der Waals surface area (Å²) in [7, 11) is 0. The molecule has 0 spiro atoms. The van der Waals surface area contributed by atoms with Crippen LogP contribution in [-0.2, 0) is 4.74 Å². The molecule has 0 saturated carbocycles.